The Balaban J connectivity index is 1.74. The summed E-state index contributed by atoms with van der Waals surface area (Å²) in [4.78, 5) is 5.04. The Morgan fingerprint density at radius 2 is 2.00 bits per heavy atom. The normalized spacial score (nSPS) is 17.3. The molecule has 0 amide bonds. The van der Waals surface area contributed by atoms with E-state index in [9.17, 15) is 8.42 Å². The van der Waals surface area contributed by atoms with Crippen LogP contribution in [0, 0.1) is 6.92 Å². The maximum atomic E-state index is 12.1. The third-order valence-corrected chi connectivity index (χ3v) is 7.63. The third kappa shape index (κ3) is 3.69. The fourth-order valence-electron chi connectivity index (χ4n) is 4.26. The predicted molar refractivity (Wildman–Crippen MR) is 123 cm³/mol. The van der Waals surface area contributed by atoms with Crippen molar-refractivity contribution < 1.29 is 13.2 Å². The summed E-state index contributed by atoms with van der Waals surface area (Å²) < 4.78 is 32.1. The Kier molecular flexibility index (Phi) is 5.16. The zero-order chi connectivity index (χ0) is 21.6. The van der Waals surface area contributed by atoms with Gasteiger partial charge in [0.2, 0.25) is 0 Å². The average molecular weight is 454 g/mol. The molecule has 160 valence electrons. The van der Waals surface area contributed by atoms with Crippen LogP contribution in [0.5, 0.6) is 0 Å². The second-order valence-corrected chi connectivity index (χ2v) is 10.7. The van der Waals surface area contributed by atoms with Crippen molar-refractivity contribution in [2.24, 2.45) is 0 Å². The van der Waals surface area contributed by atoms with Crippen molar-refractivity contribution in [3.63, 3.8) is 0 Å². The van der Waals surface area contributed by atoms with Crippen molar-refractivity contribution in [3.8, 4) is 22.5 Å². The molecule has 5 rings (SSSR count). The number of nitrogens with zero attached hydrogens (tertiary/aromatic N) is 3. The number of hydrogen-bond donors (Lipinski definition) is 0. The van der Waals surface area contributed by atoms with Gasteiger partial charge in [-0.15, -0.1) is 0 Å². The lowest BCUT2D eigenvalue weighted by molar-refractivity contribution is -0.0365. The summed E-state index contributed by atoms with van der Waals surface area (Å²) in [5, 5.41) is 10.1. The van der Waals surface area contributed by atoms with Crippen molar-refractivity contribution in [2.45, 2.75) is 37.3 Å². The van der Waals surface area contributed by atoms with Gasteiger partial charge in [-0.25, -0.2) is 13.1 Å². The predicted octanol–water partition coefficient (Wildman–Crippen LogP) is 5.24. The summed E-state index contributed by atoms with van der Waals surface area (Å²) in [5.74, 6) is 0. The maximum Gasteiger partial charge on any atom is 0.175 e. The fourth-order valence-corrected chi connectivity index (χ4v) is 5.86. The van der Waals surface area contributed by atoms with Gasteiger partial charge in [-0.05, 0) is 61.4 Å². The van der Waals surface area contributed by atoms with E-state index in [4.69, 9.17) is 14.8 Å². The minimum absolute atomic E-state index is 0.0896. The van der Waals surface area contributed by atoms with E-state index < -0.39 is 9.84 Å². The molecular formula is C23H23N3O3S2. The molecule has 1 saturated heterocycles. The molecule has 4 heterocycles. The number of pyridine rings is 1. The molecule has 1 unspecified atom stereocenters. The summed E-state index contributed by atoms with van der Waals surface area (Å²) in [5.41, 5.74) is 5.27. The monoisotopic (exact) mass is 453 g/mol. The zero-order valence-corrected chi connectivity index (χ0v) is 19.0. The van der Waals surface area contributed by atoms with E-state index in [1.807, 2.05) is 35.2 Å². The standard InChI is InChI=1S/C23H23N3O3S2/c1-15-13-16(6-7-19(15)31(2,27)28)22-21-18(8-10-24-22)26(20-5-3-4-11-29-20)25-23(21)17-9-12-30-14-17/h6-10,12-14,20H,3-5,11H2,1-2H3. The minimum atomic E-state index is -3.28. The molecule has 1 atom stereocenters. The molecule has 8 heteroatoms. The molecule has 3 aromatic heterocycles. The van der Waals surface area contributed by atoms with E-state index in [0.29, 0.717) is 10.5 Å². The molecule has 6 nitrogen and oxygen atoms in total. The Bertz CT molecular complexity index is 1350. The van der Waals surface area contributed by atoms with Crippen molar-refractivity contribution in [3.05, 3.63) is 52.9 Å². The van der Waals surface area contributed by atoms with Crippen LogP contribution in [0.2, 0.25) is 0 Å². The summed E-state index contributed by atoms with van der Waals surface area (Å²) >= 11 is 1.63. The average Bonchev–Trinajstić information content (AvgIpc) is 3.41. The Hall–Kier alpha value is -2.55. The van der Waals surface area contributed by atoms with Gasteiger partial charge in [-0.1, -0.05) is 6.07 Å². The van der Waals surface area contributed by atoms with E-state index >= 15 is 0 Å². The van der Waals surface area contributed by atoms with Gasteiger partial charge in [0.25, 0.3) is 0 Å². The molecule has 0 radical (unpaired) electrons. The number of rotatable bonds is 4. The number of aromatic nitrogens is 3. The summed E-state index contributed by atoms with van der Waals surface area (Å²) in [6.07, 6.45) is 6.05. The van der Waals surface area contributed by atoms with Gasteiger partial charge >= 0.3 is 0 Å². The molecule has 1 aliphatic heterocycles. The number of hydrogen-bond acceptors (Lipinski definition) is 6. The number of ether oxygens (including phenoxy) is 1. The quantitative estimate of drug-likeness (QED) is 0.423. The van der Waals surface area contributed by atoms with Crippen LogP contribution in [0.1, 0.15) is 31.1 Å². The Labute approximate surface area is 185 Å². The SMILES string of the molecule is Cc1cc(-c2nccc3c2c(-c2ccsc2)nn3C2CCCCO2)ccc1S(C)(=O)=O. The van der Waals surface area contributed by atoms with E-state index in [2.05, 4.69) is 11.4 Å². The van der Waals surface area contributed by atoms with Crippen LogP contribution >= 0.6 is 11.3 Å². The lowest BCUT2D eigenvalue weighted by atomic mass is 10.0. The largest absolute Gasteiger partial charge is 0.356 e. The molecule has 1 aromatic carbocycles. The maximum absolute atomic E-state index is 12.1. The topological polar surface area (TPSA) is 74.1 Å². The molecule has 4 aromatic rings. The van der Waals surface area contributed by atoms with Gasteiger partial charge in [0.05, 0.1) is 21.5 Å². The molecule has 0 spiro atoms. The molecule has 0 bridgehead atoms. The van der Waals surface area contributed by atoms with Gasteiger partial charge in [0.15, 0.2) is 16.1 Å². The molecule has 0 saturated carbocycles. The number of thiophene rings is 1. The lowest BCUT2D eigenvalue weighted by Crippen LogP contribution is -2.19. The minimum Gasteiger partial charge on any atom is -0.356 e. The number of fused-ring (bicyclic) bond motifs is 1. The lowest BCUT2D eigenvalue weighted by Gasteiger charge is -2.23. The molecule has 1 fully saturated rings. The molecule has 31 heavy (non-hydrogen) atoms. The van der Waals surface area contributed by atoms with Gasteiger partial charge < -0.3 is 4.74 Å². The highest BCUT2D eigenvalue weighted by Gasteiger charge is 2.24. The highest BCUT2D eigenvalue weighted by Crippen LogP contribution is 2.38. The van der Waals surface area contributed by atoms with Crippen molar-refractivity contribution in [1.82, 2.24) is 14.8 Å². The van der Waals surface area contributed by atoms with Crippen LogP contribution in [-0.2, 0) is 14.6 Å². The molecule has 0 aliphatic carbocycles. The first-order chi connectivity index (χ1) is 14.9. The van der Waals surface area contributed by atoms with Crippen molar-refractivity contribution in [1.29, 1.82) is 0 Å². The molecular weight excluding hydrogens is 430 g/mol. The Morgan fingerprint density at radius 1 is 1.13 bits per heavy atom. The fraction of sp³-hybridized carbons (Fsp3) is 0.304. The summed E-state index contributed by atoms with van der Waals surface area (Å²) in [6.45, 7) is 2.56. The second kappa shape index (κ2) is 7.85. The first kappa shape index (κ1) is 20.4. The highest BCUT2D eigenvalue weighted by atomic mass is 32.2. The Morgan fingerprint density at radius 3 is 2.68 bits per heavy atom. The van der Waals surface area contributed by atoms with Crippen LogP contribution in [0.15, 0.2) is 52.2 Å². The van der Waals surface area contributed by atoms with Crippen LogP contribution in [-0.4, -0.2) is 36.0 Å². The van der Waals surface area contributed by atoms with Crippen molar-refractivity contribution in [2.75, 3.05) is 12.9 Å². The van der Waals surface area contributed by atoms with E-state index in [1.54, 1.807) is 23.6 Å². The van der Waals surface area contributed by atoms with Gasteiger partial charge in [0.1, 0.15) is 5.69 Å². The summed E-state index contributed by atoms with van der Waals surface area (Å²) in [6, 6.07) is 9.44. The second-order valence-electron chi connectivity index (χ2n) is 7.93. The van der Waals surface area contributed by atoms with Crippen molar-refractivity contribution >= 4 is 32.1 Å². The van der Waals surface area contributed by atoms with E-state index in [1.165, 1.54) is 6.26 Å². The van der Waals surface area contributed by atoms with Crippen LogP contribution in [0.3, 0.4) is 0 Å². The van der Waals surface area contributed by atoms with Gasteiger partial charge in [-0.2, -0.15) is 16.4 Å². The van der Waals surface area contributed by atoms with E-state index in [0.717, 1.165) is 59.3 Å². The van der Waals surface area contributed by atoms with Gasteiger partial charge in [0, 0.05) is 35.6 Å². The smallest absolute Gasteiger partial charge is 0.175 e. The first-order valence-corrected chi connectivity index (χ1v) is 13.1. The summed E-state index contributed by atoms with van der Waals surface area (Å²) in [7, 11) is -3.28. The van der Waals surface area contributed by atoms with Crippen LogP contribution in [0.4, 0.5) is 0 Å². The number of aryl methyl sites for hydroxylation is 1. The zero-order valence-electron chi connectivity index (χ0n) is 17.4. The van der Waals surface area contributed by atoms with E-state index in [-0.39, 0.29) is 6.23 Å². The molecule has 1 aliphatic rings. The highest BCUT2D eigenvalue weighted by molar-refractivity contribution is 7.90. The first-order valence-electron chi connectivity index (χ1n) is 10.3. The van der Waals surface area contributed by atoms with Gasteiger partial charge in [-0.3, -0.25) is 4.98 Å². The number of sulfone groups is 1. The van der Waals surface area contributed by atoms with Crippen LogP contribution in [0.25, 0.3) is 33.4 Å². The number of benzene rings is 1. The van der Waals surface area contributed by atoms with Crippen LogP contribution < -0.4 is 0 Å². The molecule has 0 N–H and O–H groups in total. The third-order valence-electron chi connectivity index (χ3n) is 5.69.